The summed E-state index contributed by atoms with van der Waals surface area (Å²) in [6.45, 7) is 4.05. The first-order chi connectivity index (χ1) is 7.52. The van der Waals surface area contributed by atoms with Gasteiger partial charge in [0.05, 0.1) is 19.3 Å². The van der Waals surface area contributed by atoms with Crippen LogP contribution in [0.4, 0.5) is 0 Å². The number of aliphatic hydroxyl groups is 1. The van der Waals surface area contributed by atoms with Gasteiger partial charge in [-0.25, -0.2) is 0 Å². The Kier molecular flexibility index (Phi) is 3.51. The van der Waals surface area contributed by atoms with Gasteiger partial charge in [0.25, 0.3) is 0 Å². The Hall–Kier alpha value is -0.200. The van der Waals surface area contributed by atoms with Gasteiger partial charge in [-0.05, 0) is 26.7 Å². The van der Waals surface area contributed by atoms with E-state index in [1.807, 2.05) is 13.8 Å². The second-order valence-corrected chi connectivity index (χ2v) is 5.03. The molecule has 5 heteroatoms. The van der Waals surface area contributed by atoms with Crippen molar-refractivity contribution in [2.45, 2.75) is 50.9 Å². The number of hydrogen-bond acceptors (Lipinski definition) is 5. The molecular formula is C11H21NO4. The van der Waals surface area contributed by atoms with Crippen molar-refractivity contribution < 1.29 is 19.3 Å². The fraction of sp³-hybridized carbons (Fsp3) is 1.00. The summed E-state index contributed by atoms with van der Waals surface area (Å²) in [5, 5.41) is 8.78. The second-order valence-electron chi connectivity index (χ2n) is 5.03. The van der Waals surface area contributed by atoms with Crippen molar-refractivity contribution >= 4 is 0 Å². The fourth-order valence-electron chi connectivity index (χ4n) is 2.58. The first-order valence-electron chi connectivity index (χ1n) is 5.85. The van der Waals surface area contributed by atoms with Crippen LogP contribution in [0.3, 0.4) is 0 Å². The molecule has 0 spiro atoms. The first kappa shape index (κ1) is 12.3. The van der Waals surface area contributed by atoms with Gasteiger partial charge >= 0.3 is 0 Å². The molecular weight excluding hydrogens is 210 g/mol. The minimum absolute atomic E-state index is 0.00455. The van der Waals surface area contributed by atoms with Crippen LogP contribution in [0, 0.1) is 5.92 Å². The lowest BCUT2D eigenvalue weighted by Crippen LogP contribution is -2.50. The minimum atomic E-state index is -0.634. The van der Waals surface area contributed by atoms with E-state index in [-0.39, 0.29) is 31.0 Å². The van der Waals surface area contributed by atoms with Crippen LogP contribution in [-0.2, 0) is 14.2 Å². The van der Waals surface area contributed by atoms with Crippen molar-refractivity contribution in [3.05, 3.63) is 0 Å². The Morgan fingerprint density at radius 1 is 1.38 bits per heavy atom. The molecule has 2 unspecified atom stereocenters. The molecule has 4 atom stereocenters. The van der Waals surface area contributed by atoms with Crippen LogP contribution in [0.2, 0.25) is 0 Å². The highest BCUT2D eigenvalue weighted by molar-refractivity contribution is 4.92. The third kappa shape index (κ3) is 2.55. The van der Waals surface area contributed by atoms with Crippen molar-refractivity contribution in [1.82, 2.24) is 0 Å². The molecule has 0 amide bonds. The zero-order valence-corrected chi connectivity index (χ0v) is 9.89. The number of fused-ring (bicyclic) bond motifs is 1. The maximum Gasteiger partial charge on any atom is 0.166 e. The van der Waals surface area contributed by atoms with E-state index in [2.05, 4.69) is 0 Å². The molecule has 0 aromatic rings. The SMILES string of the molecule is CC1(C)OC2C[C@@H](N)CC2[C@@H](OCCO)O1. The number of hydrogen-bond donors (Lipinski definition) is 2. The molecule has 1 aliphatic heterocycles. The predicted molar refractivity (Wildman–Crippen MR) is 57.6 cm³/mol. The summed E-state index contributed by atoms with van der Waals surface area (Å²) in [6.07, 6.45) is 1.52. The molecule has 1 aliphatic carbocycles. The van der Waals surface area contributed by atoms with E-state index >= 15 is 0 Å². The van der Waals surface area contributed by atoms with Crippen molar-refractivity contribution in [2.24, 2.45) is 11.7 Å². The van der Waals surface area contributed by atoms with Crippen LogP contribution in [-0.4, -0.2) is 42.5 Å². The lowest BCUT2D eigenvalue weighted by Gasteiger charge is -2.43. The lowest BCUT2D eigenvalue weighted by molar-refractivity contribution is -0.368. The highest BCUT2D eigenvalue weighted by Gasteiger charge is 2.48. The first-order valence-corrected chi connectivity index (χ1v) is 5.85. The van der Waals surface area contributed by atoms with Gasteiger partial charge in [-0.1, -0.05) is 0 Å². The zero-order chi connectivity index (χ0) is 11.8. The number of rotatable bonds is 3. The maximum absolute atomic E-state index is 8.78. The van der Waals surface area contributed by atoms with Gasteiger partial charge in [0.2, 0.25) is 0 Å². The van der Waals surface area contributed by atoms with Gasteiger partial charge in [-0.2, -0.15) is 0 Å². The van der Waals surface area contributed by atoms with Crippen molar-refractivity contribution in [2.75, 3.05) is 13.2 Å². The summed E-state index contributed by atoms with van der Waals surface area (Å²) in [5.41, 5.74) is 5.93. The summed E-state index contributed by atoms with van der Waals surface area (Å²) in [7, 11) is 0. The molecule has 0 aromatic carbocycles. The van der Waals surface area contributed by atoms with Crippen LogP contribution >= 0.6 is 0 Å². The highest BCUT2D eigenvalue weighted by Crippen LogP contribution is 2.40. The van der Waals surface area contributed by atoms with E-state index in [9.17, 15) is 0 Å². The maximum atomic E-state index is 8.78. The Bertz CT molecular complexity index is 246. The van der Waals surface area contributed by atoms with Crippen molar-refractivity contribution in [3.8, 4) is 0 Å². The van der Waals surface area contributed by atoms with Gasteiger partial charge in [0, 0.05) is 12.0 Å². The quantitative estimate of drug-likeness (QED) is 0.726. The van der Waals surface area contributed by atoms with E-state index in [4.69, 9.17) is 25.1 Å². The van der Waals surface area contributed by atoms with Crippen LogP contribution in [0.1, 0.15) is 26.7 Å². The Morgan fingerprint density at radius 2 is 2.12 bits per heavy atom. The summed E-state index contributed by atoms with van der Waals surface area (Å²) in [5.74, 6) is -0.444. The summed E-state index contributed by atoms with van der Waals surface area (Å²) < 4.78 is 17.1. The smallest absolute Gasteiger partial charge is 0.166 e. The molecule has 5 nitrogen and oxygen atoms in total. The Balaban J connectivity index is 2.03. The number of nitrogens with two attached hydrogens (primary N) is 1. The molecule has 1 saturated heterocycles. The summed E-state index contributed by atoms with van der Waals surface area (Å²) >= 11 is 0. The predicted octanol–water partition coefficient (Wildman–Crippen LogP) is 0.210. The molecule has 0 radical (unpaired) electrons. The molecule has 2 rings (SSSR count). The molecule has 16 heavy (non-hydrogen) atoms. The van der Waals surface area contributed by atoms with Crippen LogP contribution in [0.15, 0.2) is 0 Å². The molecule has 2 aliphatic rings. The normalized spacial score (nSPS) is 42.0. The average molecular weight is 231 g/mol. The highest BCUT2D eigenvalue weighted by atomic mass is 16.8. The van der Waals surface area contributed by atoms with Gasteiger partial charge in [0.15, 0.2) is 12.1 Å². The minimum Gasteiger partial charge on any atom is -0.394 e. The van der Waals surface area contributed by atoms with E-state index in [0.29, 0.717) is 6.61 Å². The molecule has 3 N–H and O–H groups in total. The largest absolute Gasteiger partial charge is 0.394 e. The Labute approximate surface area is 95.9 Å². The molecule has 94 valence electrons. The monoisotopic (exact) mass is 231 g/mol. The topological polar surface area (TPSA) is 73.9 Å². The standard InChI is InChI=1S/C11H21NO4/c1-11(2)15-9-6-7(12)5-8(9)10(16-11)14-4-3-13/h7-10,13H,3-6,12H2,1-2H3/t7-,8?,9?,10-/m0/s1. The third-order valence-electron chi connectivity index (χ3n) is 3.15. The molecule has 2 fully saturated rings. The third-order valence-corrected chi connectivity index (χ3v) is 3.15. The van der Waals surface area contributed by atoms with Crippen molar-refractivity contribution in [3.63, 3.8) is 0 Å². The molecule has 0 aromatic heterocycles. The van der Waals surface area contributed by atoms with E-state index < -0.39 is 5.79 Å². The van der Waals surface area contributed by atoms with Gasteiger partial charge < -0.3 is 25.1 Å². The zero-order valence-electron chi connectivity index (χ0n) is 9.89. The van der Waals surface area contributed by atoms with E-state index in [1.165, 1.54) is 0 Å². The second kappa shape index (κ2) is 4.58. The number of ether oxygens (including phenoxy) is 3. The van der Waals surface area contributed by atoms with Crippen LogP contribution < -0.4 is 5.73 Å². The summed E-state index contributed by atoms with van der Waals surface area (Å²) in [6, 6.07) is 0.160. The van der Waals surface area contributed by atoms with Crippen molar-refractivity contribution in [1.29, 1.82) is 0 Å². The summed E-state index contributed by atoms with van der Waals surface area (Å²) in [4.78, 5) is 0. The number of aliphatic hydroxyl groups excluding tert-OH is 1. The lowest BCUT2D eigenvalue weighted by atomic mass is 10.0. The van der Waals surface area contributed by atoms with Gasteiger partial charge in [-0.3, -0.25) is 0 Å². The van der Waals surface area contributed by atoms with E-state index in [0.717, 1.165) is 12.8 Å². The molecule has 1 saturated carbocycles. The van der Waals surface area contributed by atoms with Crippen LogP contribution in [0.5, 0.6) is 0 Å². The Morgan fingerprint density at radius 3 is 2.81 bits per heavy atom. The average Bonchev–Trinajstić information content (AvgIpc) is 2.53. The van der Waals surface area contributed by atoms with E-state index in [1.54, 1.807) is 0 Å². The fourth-order valence-corrected chi connectivity index (χ4v) is 2.58. The van der Waals surface area contributed by atoms with Crippen LogP contribution in [0.25, 0.3) is 0 Å². The molecule has 1 heterocycles. The van der Waals surface area contributed by atoms with Gasteiger partial charge in [-0.15, -0.1) is 0 Å². The van der Waals surface area contributed by atoms with Gasteiger partial charge in [0.1, 0.15) is 0 Å². The molecule has 0 bridgehead atoms.